The van der Waals surface area contributed by atoms with Crippen LogP contribution in [0.5, 0.6) is 11.5 Å². The van der Waals surface area contributed by atoms with Crippen LogP contribution in [0.25, 0.3) is 0 Å². The minimum absolute atomic E-state index is 0.0209. The van der Waals surface area contributed by atoms with Gasteiger partial charge in [-0.3, -0.25) is 0 Å². The molecule has 2 heterocycles. The van der Waals surface area contributed by atoms with Gasteiger partial charge in [0.1, 0.15) is 48.8 Å². The average Bonchev–Trinajstić information content (AvgIpc) is 2.80. The van der Waals surface area contributed by atoms with Crippen LogP contribution in [0.2, 0.25) is 0 Å². The van der Waals surface area contributed by atoms with Crippen molar-refractivity contribution in [2.24, 2.45) is 0 Å². The molecule has 10 unspecified atom stereocenters. The Morgan fingerprint density at radius 3 is 2.00 bits per heavy atom. The molecular formula is C20H30O13. The molecule has 0 amide bonds. The van der Waals surface area contributed by atoms with Gasteiger partial charge < -0.3 is 64.9 Å². The Morgan fingerprint density at radius 1 is 0.727 bits per heavy atom. The quantitative estimate of drug-likeness (QED) is 0.164. The number of ether oxygens (including phenoxy) is 4. The molecule has 188 valence electrons. The summed E-state index contributed by atoms with van der Waals surface area (Å²) >= 11 is 0. The van der Waals surface area contributed by atoms with E-state index in [1.165, 1.54) is 12.1 Å². The van der Waals surface area contributed by atoms with Gasteiger partial charge in [-0.1, -0.05) is 6.07 Å². The smallest absolute Gasteiger partial charge is 0.187 e. The number of hydrogen-bond donors (Lipinski definition) is 9. The van der Waals surface area contributed by atoms with Crippen LogP contribution in [0.15, 0.2) is 18.2 Å². The second-order valence-corrected chi connectivity index (χ2v) is 7.95. The van der Waals surface area contributed by atoms with Crippen molar-refractivity contribution in [1.82, 2.24) is 0 Å². The molecule has 0 saturated carbocycles. The molecule has 2 fully saturated rings. The van der Waals surface area contributed by atoms with Crippen molar-refractivity contribution in [3.05, 3.63) is 23.8 Å². The Hall–Kier alpha value is -1.62. The van der Waals surface area contributed by atoms with Gasteiger partial charge in [-0.15, -0.1) is 0 Å². The maximum Gasteiger partial charge on any atom is 0.187 e. The summed E-state index contributed by atoms with van der Waals surface area (Å²) in [6.45, 7) is -1.37. The van der Waals surface area contributed by atoms with Gasteiger partial charge in [0.2, 0.25) is 0 Å². The van der Waals surface area contributed by atoms with E-state index in [4.69, 9.17) is 18.9 Å². The van der Waals surface area contributed by atoms with Crippen LogP contribution in [0.1, 0.15) is 5.56 Å². The lowest BCUT2D eigenvalue weighted by atomic mass is 9.97. The third-order valence-electron chi connectivity index (χ3n) is 5.67. The molecule has 3 rings (SSSR count). The fourth-order valence-electron chi connectivity index (χ4n) is 3.70. The molecule has 13 nitrogen and oxygen atoms in total. The van der Waals surface area contributed by atoms with Crippen molar-refractivity contribution in [1.29, 1.82) is 0 Å². The highest BCUT2D eigenvalue weighted by Crippen LogP contribution is 2.30. The summed E-state index contributed by atoms with van der Waals surface area (Å²) < 4.78 is 21.7. The molecule has 2 aliphatic heterocycles. The maximum atomic E-state index is 10.7. The van der Waals surface area contributed by atoms with E-state index in [1.54, 1.807) is 6.07 Å². The molecule has 0 radical (unpaired) electrons. The number of hydrogen-bond acceptors (Lipinski definition) is 13. The number of phenols is 2. The molecule has 0 aromatic heterocycles. The van der Waals surface area contributed by atoms with E-state index in [-0.39, 0.29) is 24.5 Å². The van der Waals surface area contributed by atoms with Crippen LogP contribution in [-0.4, -0.2) is 127 Å². The number of rotatable bonds is 8. The van der Waals surface area contributed by atoms with Gasteiger partial charge in [0.15, 0.2) is 24.1 Å². The predicted octanol–water partition coefficient (Wildman–Crippen LogP) is -3.72. The van der Waals surface area contributed by atoms with Crippen molar-refractivity contribution in [3.8, 4) is 11.5 Å². The lowest BCUT2D eigenvalue weighted by molar-refractivity contribution is -0.360. The fourth-order valence-corrected chi connectivity index (χ4v) is 3.70. The topological polar surface area (TPSA) is 219 Å². The Kier molecular flexibility index (Phi) is 8.82. The third-order valence-corrected chi connectivity index (χ3v) is 5.67. The van der Waals surface area contributed by atoms with E-state index in [9.17, 15) is 46.0 Å². The maximum absolute atomic E-state index is 10.7. The summed E-state index contributed by atoms with van der Waals surface area (Å²) in [5.41, 5.74) is 0.614. The molecule has 2 saturated heterocycles. The van der Waals surface area contributed by atoms with Crippen LogP contribution < -0.4 is 0 Å². The van der Waals surface area contributed by atoms with E-state index < -0.39 is 74.6 Å². The summed E-state index contributed by atoms with van der Waals surface area (Å²) in [7, 11) is 0. The minimum Gasteiger partial charge on any atom is -0.504 e. The monoisotopic (exact) mass is 478 g/mol. The lowest BCUT2D eigenvalue weighted by Crippen LogP contribution is -2.64. The van der Waals surface area contributed by atoms with Crippen LogP contribution in [0.4, 0.5) is 0 Å². The highest BCUT2D eigenvalue weighted by atomic mass is 16.7. The molecule has 13 heteroatoms. The van der Waals surface area contributed by atoms with Gasteiger partial charge in [0, 0.05) is 0 Å². The van der Waals surface area contributed by atoms with E-state index in [1.807, 2.05) is 0 Å². The Bertz CT molecular complexity index is 761. The third kappa shape index (κ3) is 5.72. The summed E-state index contributed by atoms with van der Waals surface area (Å²) in [5, 5.41) is 88.9. The van der Waals surface area contributed by atoms with Gasteiger partial charge in [0.05, 0.1) is 19.8 Å². The summed E-state index contributed by atoms with van der Waals surface area (Å²) in [5.74, 6) is -0.587. The predicted molar refractivity (Wildman–Crippen MR) is 106 cm³/mol. The van der Waals surface area contributed by atoms with E-state index >= 15 is 0 Å². The molecule has 0 bridgehead atoms. The fraction of sp³-hybridized carbons (Fsp3) is 0.700. The first kappa shape index (κ1) is 26.0. The minimum atomic E-state index is -1.76. The van der Waals surface area contributed by atoms with Gasteiger partial charge in [-0.05, 0) is 24.1 Å². The van der Waals surface area contributed by atoms with E-state index in [2.05, 4.69) is 0 Å². The molecule has 33 heavy (non-hydrogen) atoms. The van der Waals surface area contributed by atoms with Crippen LogP contribution in [0.3, 0.4) is 0 Å². The molecule has 9 N–H and O–H groups in total. The van der Waals surface area contributed by atoms with E-state index in [0.717, 1.165) is 0 Å². The van der Waals surface area contributed by atoms with Crippen LogP contribution in [-0.2, 0) is 25.4 Å². The molecule has 2 aliphatic rings. The standard InChI is InChI=1S/C20H30O13/c21-6-11-13(25)15(27)16(28)20(32-11)33-18-14(26)12(7-22)31-19(17(18)29)30-4-3-8-1-2-9(23)10(24)5-8/h1-2,5,11-29H,3-4,6-7H2. The molecule has 1 aromatic carbocycles. The van der Waals surface area contributed by atoms with Gasteiger partial charge in [-0.25, -0.2) is 0 Å². The largest absolute Gasteiger partial charge is 0.504 e. The molecule has 1 aromatic rings. The first-order chi connectivity index (χ1) is 15.7. The normalized spacial score (nSPS) is 39.5. The Balaban J connectivity index is 1.66. The van der Waals surface area contributed by atoms with Crippen molar-refractivity contribution >= 4 is 0 Å². The first-order valence-corrected chi connectivity index (χ1v) is 10.4. The first-order valence-electron chi connectivity index (χ1n) is 10.4. The average molecular weight is 478 g/mol. The molecule has 10 atom stereocenters. The van der Waals surface area contributed by atoms with Crippen LogP contribution >= 0.6 is 0 Å². The Morgan fingerprint density at radius 2 is 1.36 bits per heavy atom. The van der Waals surface area contributed by atoms with Crippen molar-refractivity contribution in [2.75, 3.05) is 19.8 Å². The van der Waals surface area contributed by atoms with Gasteiger partial charge in [0.25, 0.3) is 0 Å². The SMILES string of the molecule is OCC1OC(OC2C(O)C(CO)OC(OCCc3ccc(O)c(O)c3)C2O)C(O)C(O)C1O. The highest BCUT2D eigenvalue weighted by molar-refractivity contribution is 5.40. The van der Waals surface area contributed by atoms with Gasteiger partial charge in [-0.2, -0.15) is 0 Å². The lowest BCUT2D eigenvalue weighted by Gasteiger charge is -2.45. The number of phenolic OH excluding ortho intramolecular Hbond substituents is 2. The second kappa shape index (κ2) is 11.2. The summed E-state index contributed by atoms with van der Waals surface area (Å²) in [4.78, 5) is 0. The molecule has 0 spiro atoms. The molecular weight excluding hydrogens is 448 g/mol. The van der Waals surface area contributed by atoms with Crippen molar-refractivity contribution < 1.29 is 64.9 Å². The number of aliphatic hydroxyl groups excluding tert-OH is 7. The second-order valence-electron chi connectivity index (χ2n) is 7.95. The zero-order valence-corrected chi connectivity index (χ0v) is 17.5. The number of aliphatic hydroxyl groups is 7. The van der Waals surface area contributed by atoms with Crippen molar-refractivity contribution in [3.63, 3.8) is 0 Å². The summed E-state index contributed by atoms with van der Waals surface area (Å²) in [6, 6.07) is 4.20. The Labute approximate surface area is 188 Å². The zero-order chi connectivity index (χ0) is 24.3. The van der Waals surface area contributed by atoms with E-state index in [0.29, 0.717) is 5.56 Å². The van der Waals surface area contributed by atoms with Crippen molar-refractivity contribution in [2.45, 2.75) is 67.8 Å². The zero-order valence-electron chi connectivity index (χ0n) is 17.5. The molecule has 0 aliphatic carbocycles. The number of aromatic hydroxyl groups is 2. The van der Waals surface area contributed by atoms with Gasteiger partial charge >= 0.3 is 0 Å². The number of benzene rings is 1. The highest BCUT2D eigenvalue weighted by Gasteiger charge is 2.50. The summed E-state index contributed by atoms with van der Waals surface area (Å²) in [6.07, 6.45) is -15.0. The van der Waals surface area contributed by atoms with Crippen LogP contribution in [0, 0.1) is 0 Å².